The maximum atomic E-state index is 12.9. The van der Waals surface area contributed by atoms with E-state index in [0.717, 1.165) is 12.8 Å². The minimum Gasteiger partial charge on any atom is -0.462 e. The summed E-state index contributed by atoms with van der Waals surface area (Å²) in [6.45, 7) is 9.32. The summed E-state index contributed by atoms with van der Waals surface area (Å²) in [5, 5.41) is 0. The lowest BCUT2D eigenvalue weighted by atomic mass is 9.64. The number of imidazole rings is 1. The number of carbonyl (C=O) groups excluding carboxylic acids is 3. The largest absolute Gasteiger partial charge is 0.462 e. The van der Waals surface area contributed by atoms with Gasteiger partial charge in [0.25, 0.3) is 0 Å². The Morgan fingerprint density at radius 3 is 2.43 bits per heavy atom. The number of nitrogens with zero attached hydrogens (tertiary/aromatic N) is 2. The highest BCUT2D eigenvalue weighted by atomic mass is 16.6. The molecule has 0 bridgehead atoms. The standard InChI is InChI=1S/C29H40N2O6/c1-18(2)24-12-10-19(3)25-15-28(37-29(34)13-11-22-16-31(6)17-30-22)27(36-21(5)33)9-7-8-23(14-26(24)25)35-20(4)32/h7,9-11,13,16-18,23-28H,8,12,14-15H2,1-6H3/b9-7-,13-11?. The third-order valence-electron chi connectivity index (χ3n) is 7.35. The van der Waals surface area contributed by atoms with Gasteiger partial charge in [-0.05, 0) is 62.0 Å². The average Bonchev–Trinajstić information content (AvgIpc) is 3.22. The number of hydrogen-bond donors (Lipinski definition) is 0. The predicted molar refractivity (Wildman–Crippen MR) is 140 cm³/mol. The lowest BCUT2D eigenvalue weighted by molar-refractivity contribution is -0.161. The summed E-state index contributed by atoms with van der Waals surface area (Å²) < 4.78 is 19.1. The van der Waals surface area contributed by atoms with Gasteiger partial charge in [-0.25, -0.2) is 9.78 Å². The van der Waals surface area contributed by atoms with Gasteiger partial charge in [0.15, 0.2) is 6.10 Å². The SMILES string of the molecule is CC(=O)OC1C/C=C\C(OC(C)=O)C(OC(=O)C=Cc2cn(C)cn2)CC2C(C)=CCC(C(C)C)C2C1. The molecule has 6 unspecified atom stereocenters. The van der Waals surface area contributed by atoms with E-state index in [-0.39, 0.29) is 23.9 Å². The fourth-order valence-corrected chi connectivity index (χ4v) is 5.64. The maximum absolute atomic E-state index is 12.9. The van der Waals surface area contributed by atoms with Crippen molar-refractivity contribution in [3.8, 4) is 0 Å². The zero-order valence-corrected chi connectivity index (χ0v) is 22.8. The van der Waals surface area contributed by atoms with Crippen LogP contribution in [0.2, 0.25) is 0 Å². The Morgan fingerprint density at radius 2 is 1.81 bits per heavy atom. The normalized spacial score (nSPS) is 29.2. The highest BCUT2D eigenvalue weighted by Crippen LogP contribution is 2.45. The molecule has 0 radical (unpaired) electrons. The van der Waals surface area contributed by atoms with E-state index >= 15 is 0 Å². The monoisotopic (exact) mass is 512 g/mol. The minimum absolute atomic E-state index is 0.0846. The van der Waals surface area contributed by atoms with Crippen LogP contribution in [0, 0.1) is 23.7 Å². The quantitative estimate of drug-likeness (QED) is 0.234. The second-order valence-electron chi connectivity index (χ2n) is 10.6. The van der Waals surface area contributed by atoms with Crippen LogP contribution in [-0.2, 0) is 35.6 Å². The summed E-state index contributed by atoms with van der Waals surface area (Å²) in [6, 6.07) is 0. The molecule has 202 valence electrons. The van der Waals surface area contributed by atoms with Crippen LogP contribution in [0.4, 0.5) is 0 Å². The molecular formula is C29H40N2O6. The number of allylic oxidation sites excluding steroid dienone is 2. The van der Waals surface area contributed by atoms with Crippen LogP contribution in [0.5, 0.6) is 0 Å². The van der Waals surface area contributed by atoms with Crippen LogP contribution in [0.25, 0.3) is 6.08 Å². The summed E-state index contributed by atoms with van der Waals surface area (Å²) in [5.74, 6) is -0.154. The van der Waals surface area contributed by atoms with Gasteiger partial charge in [0.1, 0.15) is 12.2 Å². The second-order valence-corrected chi connectivity index (χ2v) is 10.6. The Balaban J connectivity index is 1.95. The number of aromatic nitrogens is 2. The summed E-state index contributed by atoms with van der Waals surface area (Å²) >= 11 is 0. The minimum atomic E-state index is -0.756. The zero-order valence-electron chi connectivity index (χ0n) is 22.8. The molecule has 0 N–H and O–H groups in total. The van der Waals surface area contributed by atoms with Crippen molar-refractivity contribution in [2.75, 3.05) is 0 Å². The highest BCUT2D eigenvalue weighted by molar-refractivity contribution is 5.86. The number of aryl methyl sites for hydroxylation is 1. The molecule has 1 heterocycles. The average molecular weight is 513 g/mol. The summed E-state index contributed by atoms with van der Waals surface area (Å²) in [6.07, 6.45) is 13.3. The highest BCUT2D eigenvalue weighted by Gasteiger charge is 2.40. The van der Waals surface area contributed by atoms with Gasteiger partial charge in [-0.1, -0.05) is 31.6 Å². The fourth-order valence-electron chi connectivity index (χ4n) is 5.64. The number of ether oxygens (including phenoxy) is 3. The number of rotatable bonds is 6. The number of fused-ring (bicyclic) bond motifs is 1. The molecular weight excluding hydrogens is 472 g/mol. The Morgan fingerprint density at radius 1 is 1.08 bits per heavy atom. The zero-order chi connectivity index (χ0) is 27.1. The number of esters is 3. The number of carbonyl (C=O) groups is 3. The van der Waals surface area contributed by atoms with E-state index in [9.17, 15) is 14.4 Å². The van der Waals surface area contributed by atoms with Crippen LogP contribution in [0.1, 0.15) is 66.0 Å². The molecule has 3 rings (SSSR count). The fraction of sp³-hybridized carbons (Fsp3) is 0.586. The summed E-state index contributed by atoms with van der Waals surface area (Å²) in [4.78, 5) is 40.9. The van der Waals surface area contributed by atoms with Gasteiger partial charge in [-0.15, -0.1) is 0 Å². The lowest BCUT2D eigenvalue weighted by Gasteiger charge is -2.43. The smallest absolute Gasteiger partial charge is 0.331 e. The van der Waals surface area contributed by atoms with Crippen molar-refractivity contribution in [2.24, 2.45) is 30.7 Å². The van der Waals surface area contributed by atoms with Crippen molar-refractivity contribution in [2.45, 2.75) is 78.6 Å². The van der Waals surface area contributed by atoms with Gasteiger partial charge in [-0.3, -0.25) is 9.59 Å². The summed E-state index contributed by atoms with van der Waals surface area (Å²) in [5.41, 5.74) is 1.86. The van der Waals surface area contributed by atoms with Crippen LogP contribution < -0.4 is 0 Å². The molecule has 0 aromatic carbocycles. The molecule has 0 saturated carbocycles. The topological polar surface area (TPSA) is 96.7 Å². The molecule has 0 aliphatic heterocycles. The first-order valence-corrected chi connectivity index (χ1v) is 13.1. The number of hydrogen-bond acceptors (Lipinski definition) is 7. The van der Waals surface area contributed by atoms with Gasteiger partial charge in [0.05, 0.1) is 12.0 Å². The molecule has 2 aliphatic rings. The van der Waals surface area contributed by atoms with E-state index in [1.165, 1.54) is 25.5 Å². The summed E-state index contributed by atoms with van der Waals surface area (Å²) in [7, 11) is 1.85. The Labute approximate surface area is 219 Å². The van der Waals surface area contributed by atoms with Crippen molar-refractivity contribution in [1.29, 1.82) is 0 Å². The maximum Gasteiger partial charge on any atom is 0.331 e. The molecule has 1 aromatic heterocycles. The van der Waals surface area contributed by atoms with E-state index in [0.29, 0.717) is 30.4 Å². The Bertz CT molecular complexity index is 1050. The van der Waals surface area contributed by atoms with Crippen molar-refractivity contribution in [3.63, 3.8) is 0 Å². The van der Waals surface area contributed by atoms with E-state index in [2.05, 4.69) is 31.8 Å². The van der Waals surface area contributed by atoms with E-state index in [1.807, 2.05) is 13.1 Å². The predicted octanol–water partition coefficient (Wildman–Crippen LogP) is 4.80. The molecule has 0 spiro atoms. The van der Waals surface area contributed by atoms with Gasteiger partial charge in [0.2, 0.25) is 0 Å². The molecule has 0 fully saturated rings. The van der Waals surface area contributed by atoms with Crippen LogP contribution in [-0.4, -0.2) is 45.8 Å². The van der Waals surface area contributed by atoms with Crippen LogP contribution in [0.3, 0.4) is 0 Å². The van der Waals surface area contributed by atoms with Gasteiger partial charge < -0.3 is 18.8 Å². The molecule has 1 aromatic rings. The van der Waals surface area contributed by atoms with Crippen LogP contribution in [0.15, 0.2) is 42.4 Å². The van der Waals surface area contributed by atoms with E-state index in [4.69, 9.17) is 14.2 Å². The van der Waals surface area contributed by atoms with Gasteiger partial charge in [0, 0.05) is 39.6 Å². The van der Waals surface area contributed by atoms with E-state index < -0.39 is 24.1 Å². The molecule has 6 atom stereocenters. The van der Waals surface area contributed by atoms with Gasteiger partial charge >= 0.3 is 17.9 Å². The first-order valence-electron chi connectivity index (χ1n) is 13.1. The van der Waals surface area contributed by atoms with Crippen molar-refractivity contribution in [3.05, 3.63) is 48.1 Å². The molecule has 0 saturated heterocycles. The van der Waals surface area contributed by atoms with Gasteiger partial charge in [-0.2, -0.15) is 0 Å². The molecule has 0 amide bonds. The second kappa shape index (κ2) is 12.9. The van der Waals surface area contributed by atoms with E-state index in [1.54, 1.807) is 29.2 Å². The molecule has 8 nitrogen and oxygen atoms in total. The Hall–Kier alpha value is -3.16. The molecule has 37 heavy (non-hydrogen) atoms. The van der Waals surface area contributed by atoms with Crippen LogP contribution >= 0.6 is 0 Å². The molecule has 2 aliphatic carbocycles. The Kier molecular flexibility index (Phi) is 9.89. The first-order chi connectivity index (χ1) is 17.5. The lowest BCUT2D eigenvalue weighted by Crippen LogP contribution is -2.41. The van der Waals surface area contributed by atoms with Crippen molar-refractivity contribution >= 4 is 24.0 Å². The van der Waals surface area contributed by atoms with Crippen molar-refractivity contribution < 1.29 is 28.6 Å². The third kappa shape index (κ3) is 8.17. The molecule has 8 heteroatoms. The van der Waals surface area contributed by atoms with Crippen molar-refractivity contribution in [1.82, 2.24) is 9.55 Å². The first kappa shape index (κ1) is 28.4. The third-order valence-corrected chi connectivity index (χ3v) is 7.35.